The van der Waals surface area contributed by atoms with Crippen molar-refractivity contribution < 1.29 is 22.7 Å². The van der Waals surface area contributed by atoms with Gasteiger partial charge in [0.2, 0.25) is 15.9 Å². The van der Waals surface area contributed by atoms with Crippen molar-refractivity contribution in [3.05, 3.63) is 90.4 Å². The van der Waals surface area contributed by atoms with Gasteiger partial charge in [0.25, 0.3) is 0 Å². The van der Waals surface area contributed by atoms with Crippen LogP contribution in [0.3, 0.4) is 0 Å². The molecule has 0 N–H and O–H groups in total. The molecule has 38 heavy (non-hydrogen) atoms. The molecule has 9 nitrogen and oxygen atoms in total. The molecule has 3 heterocycles. The van der Waals surface area contributed by atoms with Crippen LogP contribution in [0.1, 0.15) is 17.3 Å². The van der Waals surface area contributed by atoms with Gasteiger partial charge >= 0.3 is 0 Å². The molecule has 1 atom stereocenters. The van der Waals surface area contributed by atoms with Gasteiger partial charge in [-0.25, -0.2) is 8.42 Å². The second-order valence-corrected chi connectivity index (χ2v) is 10.9. The Bertz CT molecular complexity index is 1550. The average molecular weight is 535 g/mol. The minimum atomic E-state index is -4.06. The molecule has 0 spiro atoms. The molecule has 198 valence electrons. The van der Waals surface area contributed by atoms with E-state index in [1.165, 1.54) is 17.5 Å². The Morgan fingerprint density at radius 2 is 1.84 bits per heavy atom. The van der Waals surface area contributed by atoms with Crippen molar-refractivity contribution in [3.63, 3.8) is 0 Å². The van der Waals surface area contributed by atoms with Crippen LogP contribution in [0.15, 0.2) is 84.0 Å². The normalized spacial score (nSPS) is 15.6. The number of carbonyl (C=O) groups is 1. The summed E-state index contributed by atoms with van der Waals surface area (Å²) in [7, 11) is -0.961. The van der Waals surface area contributed by atoms with Gasteiger partial charge in [-0.15, -0.1) is 0 Å². The molecule has 1 unspecified atom stereocenters. The fourth-order valence-corrected chi connectivity index (χ4v) is 6.55. The lowest BCUT2D eigenvalue weighted by atomic mass is 9.98. The van der Waals surface area contributed by atoms with E-state index in [1.807, 2.05) is 54.7 Å². The molecule has 0 radical (unpaired) electrons. The summed E-state index contributed by atoms with van der Waals surface area (Å²) in [5, 5.41) is 0.708. The molecule has 0 fully saturated rings. The maximum Gasteiger partial charge on any atom is 0.245 e. The summed E-state index contributed by atoms with van der Waals surface area (Å²) in [5.74, 6) is 0.358. The number of aromatic nitrogens is 2. The van der Waals surface area contributed by atoms with E-state index in [4.69, 9.17) is 9.47 Å². The molecule has 1 aliphatic heterocycles. The monoisotopic (exact) mass is 534 g/mol. The molecule has 1 amide bonds. The van der Waals surface area contributed by atoms with Crippen molar-refractivity contribution in [1.82, 2.24) is 18.8 Å². The third-order valence-corrected chi connectivity index (χ3v) is 8.74. The van der Waals surface area contributed by atoms with E-state index >= 15 is 0 Å². The smallest absolute Gasteiger partial charge is 0.245 e. The van der Waals surface area contributed by atoms with Crippen molar-refractivity contribution in [2.24, 2.45) is 0 Å². The number of nitrogens with zero attached hydrogens (tertiary/aromatic N) is 4. The van der Waals surface area contributed by atoms with E-state index in [-0.39, 0.29) is 30.5 Å². The lowest BCUT2D eigenvalue weighted by molar-refractivity contribution is -0.134. The van der Waals surface area contributed by atoms with Crippen molar-refractivity contribution in [2.75, 3.05) is 40.5 Å². The quantitative estimate of drug-likeness (QED) is 0.327. The topological polar surface area (TPSA) is 94.0 Å². The Morgan fingerprint density at radius 3 is 2.66 bits per heavy atom. The highest BCUT2D eigenvalue weighted by Crippen LogP contribution is 2.37. The largest absolute Gasteiger partial charge is 0.496 e. The Labute approximate surface area is 222 Å². The molecule has 5 rings (SSSR count). The van der Waals surface area contributed by atoms with Gasteiger partial charge in [-0.1, -0.05) is 36.4 Å². The number of ether oxygens (including phenoxy) is 2. The van der Waals surface area contributed by atoms with E-state index in [1.54, 1.807) is 30.3 Å². The summed E-state index contributed by atoms with van der Waals surface area (Å²) in [6.07, 6.45) is 3.55. The first-order chi connectivity index (χ1) is 18.5. The summed E-state index contributed by atoms with van der Waals surface area (Å²) in [6.45, 7) is 0.872. The summed E-state index contributed by atoms with van der Waals surface area (Å²) >= 11 is 0. The fourth-order valence-electron chi connectivity index (χ4n) is 5.01. The third-order valence-electron chi connectivity index (χ3n) is 6.86. The lowest BCUT2D eigenvalue weighted by Gasteiger charge is -2.38. The van der Waals surface area contributed by atoms with Gasteiger partial charge in [0.1, 0.15) is 16.7 Å². The first kappa shape index (κ1) is 25.9. The van der Waals surface area contributed by atoms with Crippen LogP contribution in [0.4, 0.5) is 0 Å². The summed E-state index contributed by atoms with van der Waals surface area (Å²) in [5.41, 5.74) is 2.15. The molecular weight excluding hydrogens is 504 g/mol. The summed E-state index contributed by atoms with van der Waals surface area (Å²) in [4.78, 5) is 20.1. The van der Waals surface area contributed by atoms with E-state index in [2.05, 4.69) is 9.55 Å². The Balaban J connectivity index is 1.51. The standard InChI is InChI=1S/C28H30N4O5S/c1-36-19-18-31(38(34,35)25-13-5-8-21-9-6-14-29-27(21)25)20-26(33)32-17-16-30-15-7-11-23(30)28(32)22-10-3-4-12-24(22)37-2/h3-15,28H,16-20H2,1-2H3. The minimum Gasteiger partial charge on any atom is -0.496 e. The number of hydrogen-bond donors (Lipinski definition) is 0. The molecule has 2 aromatic heterocycles. The Hall–Kier alpha value is -3.73. The van der Waals surface area contributed by atoms with Crippen LogP contribution in [0.5, 0.6) is 5.75 Å². The van der Waals surface area contributed by atoms with Gasteiger partial charge in [0, 0.05) is 55.8 Å². The number of benzene rings is 2. The van der Waals surface area contributed by atoms with E-state index in [0.29, 0.717) is 29.7 Å². The number of amides is 1. The zero-order valence-electron chi connectivity index (χ0n) is 21.4. The predicted octanol–water partition coefficient (Wildman–Crippen LogP) is 3.31. The lowest BCUT2D eigenvalue weighted by Crippen LogP contribution is -2.48. The van der Waals surface area contributed by atoms with E-state index in [0.717, 1.165) is 11.3 Å². The van der Waals surface area contributed by atoms with Crippen LogP contribution in [0.2, 0.25) is 0 Å². The minimum absolute atomic E-state index is 0.0251. The number of para-hydroxylation sites is 2. The molecule has 0 saturated heterocycles. The summed E-state index contributed by atoms with van der Waals surface area (Å²) in [6, 6.07) is 19.7. The fraction of sp³-hybridized carbons (Fsp3) is 0.286. The van der Waals surface area contributed by atoms with Crippen LogP contribution in [-0.4, -0.2) is 73.5 Å². The van der Waals surface area contributed by atoms with Crippen LogP contribution < -0.4 is 4.74 Å². The van der Waals surface area contributed by atoms with E-state index < -0.39 is 16.1 Å². The highest BCUT2D eigenvalue weighted by Gasteiger charge is 2.36. The number of fused-ring (bicyclic) bond motifs is 2. The second-order valence-electron chi connectivity index (χ2n) is 9.02. The van der Waals surface area contributed by atoms with Crippen LogP contribution >= 0.6 is 0 Å². The second kappa shape index (κ2) is 10.9. The number of sulfonamides is 1. The molecular formula is C28H30N4O5S. The van der Waals surface area contributed by atoms with Crippen molar-refractivity contribution in [1.29, 1.82) is 0 Å². The number of pyridine rings is 1. The Kier molecular flexibility index (Phi) is 7.46. The zero-order chi connectivity index (χ0) is 26.7. The average Bonchev–Trinajstić information content (AvgIpc) is 3.43. The maximum absolute atomic E-state index is 13.9. The number of hydrogen-bond acceptors (Lipinski definition) is 6. The van der Waals surface area contributed by atoms with Crippen molar-refractivity contribution in [2.45, 2.75) is 17.5 Å². The van der Waals surface area contributed by atoms with Gasteiger partial charge in [0.05, 0.1) is 25.8 Å². The first-order valence-corrected chi connectivity index (χ1v) is 13.8. The van der Waals surface area contributed by atoms with Gasteiger partial charge < -0.3 is 18.9 Å². The zero-order valence-corrected chi connectivity index (χ0v) is 22.2. The van der Waals surface area contributed by atoms with Gasteiger partial charge in [-0.3, -0.25) is 9.78 Å². The molecule has 10 heteroatoms. The first-order valence-electron chi connectivity index (χ1n) is 12.4. The van der Waals surface area contributed by atoms with Crippen LogP contribution in [-0.2, 0) is 26.1 Å². The third kappa shape index (κ3) is 4.78. The molecule has 0 saturated carbocycles. The molecule has 0 aliphatic carbocycles. The van der Waals surface area contributed by atoms with Gasteiger partial charge in [0.15, 0.2) is 0 Å². The molecule has 4 aromatic rings. The number of methoxy groups -OCH3 is 2. The SMILES string of the molecule is COCCN(CC(=O)N1CCn2cccc2C1c1ccccc1OC)S(=O)(=O)c1cccc2cccnc12. The van der Waals surface area contributed by atoms with Crippen molar-refractivity contribution >= 4 is 26.8 Å². The van der Waals surface area contributed by atoms with E-state index in [9.17, 15) is 13.2 Å². The molecule has 1 aliphatic rings. The van der Waals surface area contributed by atoms with Crippen LogP contribution in [0, 0.1) is 0 Å². The van der Waals surface area contributed by atoms with Crippen LogP contribution in [0.25, 0.3) is 10.9 Å². The molecule has 0 bridgehead atoms. The Morgan fingerprint density at radius 1 is 1.03 bits per heavy atom. The number of rotatable bonds is 9. The highest BCUT2D eigenvalue weighted by molar-refractivity contribution is 7.89. The predicted molar refractivity (Wildman–Crippen MR) is 143 cm³/mol. The summed E-state index contributed by atoms with van der Waals surface area (Å²) < 4.78 is 42.0. The van der Waals surface area contributed by atoms with Gasteiger partial charge in [-0.05, 0) is 30.3 Å². The van der Waals surface area contributed by atoms with Crippen molar-refractivity contribution in [3.8, 4) is 5.75 Å². The maximum atomic E-state index is 13.9. The number of carbonyl (C=O) groups excluding carboxylic acids is 1. The highest BCUT2D eigenvalue weighted by atomic mass is 32.2. The molecule has 2 aromatic carbocycles. The van der Waals surface area contributed by atoms with Gasteiger partial charge in [-0.2, -0.15) is 4.31 Å².